The maximum absolute atomic E-state index is 3.65. The predicted octanol–water partition coefficient (Wildman–Crippen LogP) is 3.98. The largest absolute Gasteiger partial charge is 0.312 e. The molecule has 0 saturated carbocycles. The van der Waals surface area contributed by atoms with Crippen molar-refractivity contribution in [3.63, 3.8) is 0 Å². The summed E-state index contributed by atoms with van der Waals surface area (Å²) < 4.78 is 0. The van der Waals surface area contributed by atoms with Crippen LogP contribution >= 0.6 is 11.3 Å². The standard InChI is InChI=1S/C18H30N2S/c1-3-8-16-14-17(21-18(16)9-4-1)15-19-10-7-13-20-11-5-2-6-12-20/h14,19H,1-13,15H2. The van der Waals surface area contributed by atoms with Crippen molar-refractivity contribution in [2.45, 2.75) is 64.3 Å². The van der Waals surface area contributed by atoms with Crippen LogP contribution in [0.5, 0.6) is 0 Å². The van der Waals surface area contributed by atoms with Gasteiger partial charge in [-0.15, -0.1) is 11.3 Å². The van der Waals surface area contributed by atoms with Crippen molar-refractivity contribution in [1.29, 1.82) is 0 Å². The van der Waals surface area contributed by atoms with Gasteiger partial charge in [0.25, 0.3) is 0 Å². The fraction of sp³-hybridized carbons (Fsp3) is 0.778. The molecule has 1 aromatic heterocycles. The van der Waals surface area contributed by atoms with Gasteiger partial charge in [0, 0.05) is 16.3 Å². The molecule has 0 aromatic carbocycles. The maximum Gasteiger partial charge on any atom is 0.0299 e. The molecular weight excluding hydrogens is 276 g/mol. The highest BCUT2D eigenvalue weighted by atomic mass is 32.1. The Hall–Kier alpha value is -0.380. The summed E-state index contributed by atoms with van der Waals surface area (Å²) in [4.78, 5) is 5.87. The van der Waals surface area contributed by atoms with Crippen LogP contribution in [0.25, 0.3) is 0 Å². The monoisotopic (exact) mass is 306 g/mol. The molecule has 0 atom stereocenters. The van der Waals surface area contributed by atoms with Gasteiger partial charge in [-0.05, 0) is 82.8 Å². The molecule has 1 N–H and O–H groups in total. The van der Waals surface area contributed by atoms with Crippen molar-refractivity contribution in [3.8, 4) is 0 Å². The van der Waals surface area contributed by atoms with Gasteiger partial charge in [-0.3, -0.25) is 0 Å². The molecule has 1 aliphatic heterocycles. The van der Waals surface area contributed by atoms with Crippen LogP contribution in [-0.2, 0) is 19.4 Å². The minimum Gasteiger partial charge on any atom is -0.312 e. The van der Waals surface area contributed by atoms with Crippen molar-refractivity contribution in [1.82, 2.24) is 10.2 Å². The first-order valence-electron chi connectivity index (χ1n) is 8.95. The Labute approximate surface area is 133 Å². The van der Waals surface area contributed by atoms with E-state index in [1.54, 1.807) is 15.3 Å². The molecule has 118 valence electrons. The molecule has 1 saturated heterocycles. The summed E-state index contributed by atoms with van der Waals surface area (Å²) in [7, 11) is 0. The van der Waals surface area contributed by atoms with Gasteiger partial charge in [-0.2, -0.15) is 0 Å². The van der Waals surface area contributed by atoms with E-state index in [1.807, 2.05) is 0 Å². The number of piperidine rings is 1. The molecule has 2 nitrogen and oxygen atoms in total. The van der Waals surface area contributed by atoms with Crippen molar-refractivity contribution >= 4 is 11.3 Å². The number of likely N-dealkylation sites (tertiary alicyclic amines) is 1. The number of aryl methyl sites for hydroxylation is 2. The summed E-state index contributed by atoms with van der Waals surface area (Å²) in [6.45, 7) is 6.19. The van der Waals surface area contributed by atoms with Gasteiger partial charge < -0.3 is 10.2 Å². The molecule has 0 amide bonds. The Kier molecular flexibility index (Phi) is 6.13. The second kappa shape index (κ2) is 8.30. The molecule has 0 spiro atoms. The Bertz CT molecular complexity index is 397. The molecule has 3 heteroatoms. The highest BCUT2D eigenvalue weighted by Crippen LogP contribution is 2.28. The van der Waals surface area contributed by atoms with Gasteiger partial charge in [0.05, 0.1) is 0 Å². The minimum absolute atomic E-state index is 1.08. The van der Waals surface area contributed by atoms with Crippen LogP contribution in [-0.4, -0.2) is 31.1 Å². The lowest BCUT2D eigenvalue weighted by atomic mass is 10.1. The van der Waals surface area contributed by atoms with Crippen LogP contribution in [0.2, 0.25) is 0 Å². The summed E-state index contributed by atoms with van der Waals surface area (Å²) >= 11 is 2.06. The first-order valence-corrected chi connectivity index (χ1v) is 9.77. The van der Waals surface area contributed by atoms with Crippen LogP contribution in [0, 0.1) is 0 Å². The zero-order valence-electron chi connectivity index (χ0n) is 13.3. The summed E-state index contributed by atoms with van der Waals surface area (Å²) in [5, 5.41) is 3.65. The number of fused-ring (bicyclic) bond motifs is 1. The summed E-state index contributed by atoms with van der Waals surface area (Å²) in [6.07, 6.45) is 12.4. The molecule has 0 unspecified atom stereocenters. The first kappa shape index (κ1) is 15.5. The number of hydrogen-bond acceptors (Lipinski definition) is 3. The lowest BCUT2D eigenvalue weighted by molar-refractivity contribution is 0.226. The van der Waals surface area contributed by atoms with E-state index in [-0.39, 0.29) is 0 Å². The fourth-order valence-corrected chi connectivity index (χ4v) is 4.87. The van der Waals surface area contributed by atoms with Crippen LogP contribution in [0.1, 0.15) is 60.3 Å². The minimum atomic E-state index is 1.08. The summed E-state index contributed by atoms with van der Waals surface area (Å²) in [5.74, 6) is 0. The van der Waals surface area contributed by atoms with Crippen molar-refractivity contribution in [3.05, 3.63) is 21.4 Å². The summed E-state index contributed by atoms with van der Waals surface area (Å²) in [5.41, 5.74) is 1.66. The van der Waals surface area contributed by atoms with E-state index >= 15 is 0 Å². The lowest BCUT2D eigenvalue weighted by Gasteiger charge is -2.26. The van der Waals surface area contributed by atoms with E-state index in [4.69, 9.17) is 0 Å². The number of nitrogens with zero attached hydrogens (tertiary/aromatic N) is 1. The van der Waals surface area contributed by atoms with Gasteiger partial charge >= 0.3 is 0 Å². The fourth-order valence-electron chi connectivity index (χ4n) is 3.64. The van der Waals surface area contributed by atoms with Crippen LogP contribution in [0.3, 0.4) is 0 Å². The van der Waals surface area contributed by atoms with Crippen molar-refractivity contribution in [2.75, 3.05) is 26.2 Å². The molecule has 1 aromatic rings. The smallest absolute Gasteiger partial charge is 0.0299 e. The molecule has 0 radical (unpaired) electrons. The van der Waals surface area contributed by atoms with Gasteiger partial charge in [0.15, 0.2) is 0 Å². The second-order valence-electron chi connectivity index (χ2n) is 6.65. The number of rotatable bonds is 6. The molecule has 1 aliphatic carbocycles. The van der Waals surface area contributed by atoms with Crippen LogP contribution in [0.15, 0.2) is 6.07 Å². The van der Waals surface area contributed by atoms with Crippen LogP contribution < -0.4 is 5.32 Å². The second-order valence-corrected chi connectivity index (χ2v) is 7.88. The molecule has 2 aliphatic rings. The average molecular weight is 307 g/mol. The van der Waals surface area contributed by atoms with E-state index in [2.05, 4.69) is 27.6 Å². The van der Waals surface area contributed by atoms with E-state index in [1.165, 1.54) is 84.0 Å². The Balaban J connectivity index is 1.33. The summed E-state index contributed by atoms with van der Waals surface area (Å²) in [6, 6.07) is 2.48. The van der Waals surface area contributed by atoms with Gasteiger partial charge in [0.2, 0.25) is 0 Å². The third-order valence-corrected chi connectivity index (χ3v) is 6.11. The normalized spacial score (nSPS) is 20.2. The average Bonchev–Trinajstić information content (AvgIpc) is 2.77. The Morgan fingerprint density at radius 3 is 2.71 bits per heavy atom. The predicted molar refractivity (Wildman–Crippen MR) is 92.2 cm³/mol. The number of nitrogens with one attached hydrogen (secondary N) is 1. The Morgan fingerprint density at radius 2 is 1.81 bits per heavy atom. The molecule has 1 fully saturated rings. The molecule has 0 bridgehead atoms. The zero-order valence-corrected chi connectivity index (χ0v) is 14.1. The molecule has 2 heterocycles. The topological polar surface area (TPSA) is 15.3 Å². The third kappa shape index (κ3) is 4.80. The van der Waals surface area contributed by atoms with Gasteiger partial charge in [-0.25, -0.2) is 0 Å². The van der Waals surface area contributed by atoms with Gasteiger partial charge in [0.1, 0.15) is 0 Å². The highest BCUT2D eigenvalue weighted by Gasteiger charge is 2.12. The number of hydrogen-bond donors (Lipinski definition) is 1. The van der Waals surface area contributed by atoms with E-state index in [9.17, 15) is 0 Å². The first-order chi connectivity index (χ1) is 10.4. The van der Waals surface area contributed by atoms with Crippen molar-refractivity contribution in [2.24, 2.45) is 0 Å². The van der Waals surface area contributed by atoms with Gasteiger partial charge in [-0.1, -0.05) is 12.8 Å². The van der Waals surface area contributed by atoms with E-state index in [0.29, 0.717) is 0 Å². The lowest BCUT2D eigenvalue weighted by Crippen LogP contribution is -2.32. The number of thiophene rings is 1. The Morgan fingerprint density at radius 1 is 1.00 bits per heavy atom. The van der Waals surface area contributed by atoms with Crippen LogP contribution in [0.4, 0.5) is 0 Å². The molecule has 3 rings (SSSR count). The maximum atomic E-state index is 3.65. The third-order valence-electron chi connectivity index (χ3n) is 4.87. The van der Waals surface area contributed by atoms with E-state index in [0.717, 1.165) is 6.54 Å². The zero-order chi connectivity index (χ0) is 14.3. The van der Waals surface area contributed by atoms with Crippen molar-refractivity contribution < 1.29 is 0 Å². The molecular formula is C18H30N2S. The molecule has 21 heavy (non-hydrogen) atoms. The quantitative estimate of drug-likeness (QED) is 0.631. The highest BCUT2D eigenvalue weighted by molar-refractivity contribution is 7.12. The van der Waals surface area contributed by atoms with E-state index < -0.39 is 0 Å². The SMILES string of the molecule is c1c(CNCCCN2CCCCC2)sc2c1CCCCC2.